The maximum atomic E-state index is 12.7. The molecule has 1 saturated heterocycles. The molecule has 0 aromatic heterocycles. The van der Waals surface area contributed by atoms with Crippen molar-refractivity contribution in [1.29, 1.82) is 0 Å². The Balaban J connectivity index is 1.54. The molecule has 0 unspecified atom stereocenters. The molecule has 1 aliphatic heterocycles. The van der Waals surface area contributed by atoms with Gasteiger partial charge in [0.25, 0.3) is 0 Å². The van der Waals surface area contributed by atoms with Crippen LogP contribution in [0.5, 0.6) is 0 Å². The topological polar surface area (TPSA) is 40.6 Å². The van der Waals surface area contributed by atoms with Gasteiger partial charge in [0.1, 0.15) is 0 Å². The van der Waals surface area contributed by atoms with E-state index in [4.69, 9.17) is 0 Å². The smallest absolute Gasteiger partial charge is 0.243 e. The molecule has 2 aromatic carbocycles. The van der Waals surface area contributed by atoms with Gasteiger partial charge in [0.05, 0.1) is 4.90 Å². The lowest BCUT2D eigenvalue weighted by Crippen LogP contribution is -2.48. The molecule has 0 radical (unpaired) electrons. The summed E-state index contributed by atoms with van der Waals surface area (Å²) in [5.41, 5.74) is 1.18. The van der Waals surface area contributed by atoms with E-state index in [0.717, 1.165) is 24.1 Å². The SMILES string of the molecule is O=S(=O)(c1ccc(Br)cc1)N1CCN(C/C=C/c2ccccc2)CC1. The summed E-state index contributed by atoms with van der Waals surface area (Å²) in [6.45, 7) is 3.37. The molecule has 0 bridgehead atoms. The second-order valence-corrected chi connectivity index (χ2v) is 8.83. The summed E-state index contributed by atoms with van der Waals surface area (Å²) >= 11 is 3.34. The number of sulfonamides is 1. The lowest BCUT2D eigenvalue weighted by molar-refractivity contribution is 0.204. The molecule has 3 rings (SSSR count). The lowest BCUT2D eigenvalue weighted by atomic mass is 10.2. The van der Waals surface area contributed by atoms with Gasteiger partial charge >= 0.3 is 0 Å². The van der Waals surface area contributed by atoms with Gasteiger partial charge in [-0.3, -0.25) is 4.90 Å². The molecule has 6 heteroatoms. The van der Waals surface area contributed by atoms with Crippen LogP contribution >= 0.6 is 15.9 Å². The number of hydrogen-bond acceptors (Lipinski definition) is 3. The summed E-state index contributed by atoms with van der Waals surface area (Å²) < 4.78 is 27.8. The van der Waals surface area contributed by atoms with E-state index in [2.05, 4.69) is 45.1 Å². The Morgan fingerprint density at radius 3 is 2.20 bits per heavy atom. The molecule has 0 atom stereocenters. The van der Waals surface area contributed by atoms with Gasteiger partial charge < -0.3 is 0 Å². The van der Waals surface area contributed by atoms with Crippen molar-refractivity contribution in [3.05, 3.63) is 70.7 Å². The Morgan fingerprint density at radius 1 is 0.920 bits per heavy atom. The average Bonchev–Trinajstić information content (AvgIpc) is 2.63. The van der Waals surface area contributed by atoms with Crippen molar-refractivity contribution in [3.63, 3.8) is 0 Å². The Kier molecular flexibility index (Phi) is 6.06. The lowest BCUT2D eigenvalue weighted by Gasteiger charge is -2.33. The Labute approximate surface area is 157 Å². The minimum Gasteiger partial charge on any atom is -0.297 e. The first kappa shape index (κ1) is 18.3. The van der Waals surface area contributed by atoms with E-state index in [1.807, 2.05) is 18.2 Å². The highest BCUT2D eigenvalue weighted by Gasteiger charge is 2.27. The molecule has 0 amide bonds. The zero-order valence-electron chi connectivity index (χ0n) is 13.9. The molecule has 1 fully saturated rings. The highest BCUT2D eigenvalue weighted by atomic mass is 79.9. The van der Waals surface area contributed by atoms with Crippen LogP contribution in [0.2, 0.25) is 0 Å². The predicted molar refractivity (Wildman–Crippen MR) is 105 cm³/mol. The maximum Gasteiger partial charge on any atom is 0.243 e. The number of nitrogens with zero attached hydrogens (tertiary/aromatic N) is 2. The van der Waals surface area contributed by atoms with Crippen LogP contribution in [0, 0.1) is 0 Å². The zero-order valence-corrected chi connectivity index (χ0v) is 16.3. The average molecular weight is 421 g/mol. The van der Waals surface area contributed by atoms with Gasteiger partial charge in [-0.25, -0.2) is 8.42 Å². The quantitative estimate of drug-likeness (QED) is 0.743. The van der Waals surface area contributed by atoms with Gasteiger partial charge in [0, 0.05) is 37.2 Å². The zero-order chi connectivity index (χ0) is 17.7. The second-order valence-electron chi connectivity index (χ2n) is 5.97. The maximum absolute atomic E-state index is 12.7. The van der Waals surface area contributed by atoms with Crippen LogP contribution in [-0.2, 0) is 10.0 Å². The highest BCUT2D eigenvalue weighted by Crippen LogP contribution is 2.20. The molecule has 4 nitrogen and oxygen atoms in total. The highest BCUT2D eigenvalue weighted by molar-refractivity contribution is 9.10. The third-order valence-corrected chi connectivity index (χ3v) is 6.70. The Bertz CT molecular complexity index is 812. The number of rotatable bonds is 5. The summed E-state index contributed by atoms with van der Waals surface area (Å²) in [4.78, 5) is 2.63. The van der Waals surface area contributed by atoms with Crippen LogP contribution in [0.25, 0.3) is 6.08 Å². The molecule has 1 heterocycles. The van der Waals surface area contributed by atoms with E-state index in [1.165, 1.54) is 5.56 Å². The van der Waals surface area contributed by atoms with Crippen molar-refractivity contribution < 1.29 is 8.42 Å². The Hall–Kier alpha value is -1.47. The summed E-state index contributed by atoms with van der Waals surface area (Å²) in [5, 5.41) is 0. The molecule has 0 aliphatic carbocycles. The summed E-state index contributed by atoms with van der Waals surface area (Å²) in [6.07, 6.45) is 4.24. The first-order valence-corrected chi connectivity index (χ1v) is 10.5. The number of piperazine rings is 1. The van der Waals surface area contributed by atoms with Crippen molar-refractivity contribution in [2.24, 2.45) is 0 Å². The molecule has 0 saturated carbocycles. The summed E-state index contributed by atoms with van der Waals surface area (Å²) in [7, 11) is -3.40. The van der Waals surface area contributed by atoms with Crippen LogP contribution in [0.4, 0.5) is 0 Å². The predicted octanol–water partition coefficient (Wildman–Crippen LogP) is 3.47. The molecule has 0 spiro atoms. The summed E-state index contributed by atoms with van der Waals surface area (Å²) in [6, 6.07) is 17.0. The first-order chi connectivity index (χ1) is 12.1. The first-order valence-electron chi connectivity index (χ1n) is 8.25. The fraction of sp³-hybridized carbons (Fsp3) is 0.263. The van der Waals surface area contributed by atoms with E-state index in [0.29, 0.717) is 18.0 Å². The van der Waals surface area contributed by atoms with E-state index in [9.17, 15) is 8.42 Å². The summed E-state index contributed by atoms with van der Waals surface area (Å²) in [5.74, 6) is 0. The van der Waals surface area contributed by atoms with Gasteiger partial charge in [0.15, 0.2) is 0 Å². The van der Waals surface area contributed by atoms with Gasteiger partial charge in [-0.1, -0.05) is 58.4 Å². The van der Waals surface area contributed by atoms with Gasteiger partial charge in [-0.2, -0.15) is 4.31 Å². The molecular weight excluding hydrogens is 400 g/mol. The fourth-order valence-electron chi connectivity index (χ4n) is 2.81. The molecule has 2 aromatic rings. The van der Waals surface area contributed by atoms with Crippen LogP contribution in [0.15, 0.2) is 70.0 Å². The van der Waals surface area contributed by atoms with E-state index in [1.54, 1.807) is 28.6 Å². The molecule has 132 valence electrons. The van der Waals surface area contributed by atoms with Crippen LogP contribution < -0.4 is 0 Å². The van der Waals surface area contributed by atoms with Gasteiger partial charge in [-0.05, 0) is 29.8 Å². The van der Waals surface area contributed by atoms with Crippen molar-refractivity contribution >= 4 is 32.0 Å². The van der Waals surface area contributed by atoms with E-state index >= 15 is 0 Å². The molecule has 0 N–H and O–H groups in total. The minimum absolute atomic E-state index is 0.355. The normalized spacial score (nSPS) is 17.2. The third kappa shape index (κ3) is 4.79. The van der Waals surface area contributed by atoms with Gasteiger partial charge in [-0.15, -0.1) is 0 Å². The molecular formula is C19H21BrN2O2S. The standard InChI is InChI=1S/C19H21BrN2O2S/c20-18-8-10-19(11-9-18)25(23,24)22-15-13-21(14-16-22)12-4-7-17-5-2-1-3-6-17/h1-11H,12-16H2/b7-4+. The van der Waals surface area contributed by atoms with Crippen molar-refractivity contribution in [1.82, 2.24) is 9.21 Å². The monoisotopic (exact) mass is 420 g/mol. The van der Waals surface area contributed by atoms with Crippen LogP contribution in [0.1, 0.15) is 5.56 Å². The van der Waals surface area contributed by atoms with Crippen LogP contribution in [-0.4, -0.2) is 50.3 Å². The number of hydrogen-bond donors (Lipinski definition) is 0. The molecule has 25 heavy (non-hydrogen) atoms. The van der Waals surface area contributed by atoms with Crippen LogP contribution in [0.3, 0.4) is 0 Å². The third-order valence-electron chi connectivity index (χ3n) is 4.26. The number of halogens is 1. The number of benzene rings is 2. The van der Waals surface area contributed by atoms with Crippen molar-refractivity contribution in [2.45, 2.75) is 4.90 Å². The molecule has 1 aliphatic rings. The van der Waals surface area contributed by atoms with Crippen molar-refractivity contribution in [2.75, 3.05) is 32.7 Å². The van der Waals surface area contributed by atoms with E-state index in [-0.39, 0.29) is 0 Å². The second kappa shape index (κ2) is 8.27. The van der Waals surface area contributed by atoms with E-state index < -0.39 is 10.0 Å². The van der Waals surface area contributed by atoms with Crippen molar-refractivity contribution in [3.8, 4) is 0 Å². The Morgan fingerprint density at radius 2 is 1.56 bits per heavy atom. The van der Waals surface area contributed by atoms with Gasteiger partial charge in [0.2, 0.25) is 10.0 Å². The fourth-order valence-corrected chi connectivity index (χ4v) is 4.50. The minimum atomic E-state index is -3.40. The largest absolute Gasteiger partial charge is 0.297 e.